The third-order valence-corrected chi connectivity index (χ3v) is 7.10. The molecule has 1 fully saturated rings. The van der Waals surface area contributed by atoms with Gasteiger partial charge >= 0.3 is 0 Å². The number of aromatic nitrogens is 1. The predicted octanol–water partition coefficient (Wildman–Crippen LogP) is 1.85. The average Bonchev–Trinajstić information content (AvgIpc) is 2.98. The van der Waals surface area contributed by atoms with Gasteiger partial charge < -0.3 is 10.0 Å². The van der Waals surface area contributed by atoms with Crippen LogP contribution < -0.4 is 0 Å². The molecule has 3 rings (SSSR count). The van der Waals surface area contributed by atoms with E-state index < -0.39 is 15.1 Å². The standard InChI is InChI=1S/C15H16N2O4S2/c18-12-8-11(9-16-10-12)15(19)17-4-3-14(13-2-1-6-22-13)23(20,21)7-5-17/h1-2,6,8-10,14,18H,3-5,7H2. The zero-order valence-electron chi connectivity index (χ0n) is 12.3. The smallest absolute Gasteiger partial charge is 0.255 e. The van der Waals surface area contributed by atoms with E-state index in [9.17, 15) is 18.3 Å². The van der Waals surface area contributed by atoms with Gasteiger partial charge in [-0.15, -0.1) is 11.3 Å². The van der Waals surface area contributed by atoms with Crippen molar-refractivity contribution >= 4 is 27.1 Å². The van der Waals surface area contributed by atoms with E-state index in [0.717, 1.165) is 4.88 Å². The maximum Gasteiger partial charge on any atom is 0.255 e. The molecule has 0 aliphatic carbocycles. The van der Waals surface area contributed by atoms with Gasteiger partial charge in [-0.1, -0.05) is 6.07 Å². The van der Waals surface area contributed by atoms with Gasteiger partial charge in [0, 0.05) is 24.2 Å². The number of carbonyl (C=O) groups excluding carboxylic acids is 1. The number of rotatable bonds is 2. The number of hydrogen-bond donors (Lipinski definition) is 1. The second-order valence-electron chi connectivity index (χ2n) is 5.38. The first-order chi connectivity index (χ1) is 11.0. The topological polar surface area (TPSA) is 87.6 Å². The molecule has 1 unspecified atom stereocenters. The lowest BCUT2D eigenvalue weighted by molar-refractivity contribution is 0.0766. The van der Waals surface area contributed by atoms with Crippen molar-refractivity contribution in [2.24, 2.45) is 0 Å². The highest BCUT2D eigenvalue weighted by Crippen LogP contribution is 2.32. The summed E-state index contributed by atoms with van der Waals surface area (Å²) in [5.74, 6) is -0.460. The van der Waals surface area contributed by atoms with Crippen molar-refractivity contribution in [1.82, 2.24) is 9.88 Å². The van der Waals surface area contributed by atoms with Gasteiger partial charge in [0.05, 0.1) is 22.8 Å². The first kappa shape index (κ1) is 15.9. The van der Waals surface area contributed by atoms with E-state index in [-0.39, 0.29) is 29.5 Å². The van der Waals surface area contributed by atoms with Crippen LogP contribution in [-0.4, -0.2) is 48.2 Å². The molecule has 0 aromatic carbocycles. The van der Waals surface area contributed by atoms with E-state index in [1.807, 2.05) is 17.5 Å². The van der Waals surface area contributed by atoms with Crippen molar-refractivity contribution in [1.29, 1.82) is 0 Å². The average molecular weight is 352 g/mol. The summed E-state index contributed by atoms with van der Waals surface area (Å²) in [7, 11) is -3.29. The van der Waals surface area contributed by atoms with Crippen molar-refractivity contribution in [2.45, 2.75) is 11.7 Å². The first-order valence-electron chi connectivity index (χ1n) is 7.15. The first-order valence-corrected chi connectivity index (χ1v) is 9.75. The Morgan fingerprint density at radius 1 is 1.35 bits per heavy atom. The minimum Gasteiger partial charge on any atom is -0.506 e. The number of pyridine rings is 1. The van der Waals surface area contributed by atoms with Crippen LogP contribution in [0.2, 0.25) is 0 Å². The van der Waals surface area contributed by atoms with Crippen LogP contribution in [0.4, 0.5) is 0 Å². The van der Waals surface area contributed by atoms with Crippen molar-refractivity contribution in [2.75, 3.05) is 18.8 Å². The fourth-order valence-corrected chi connectivity index (χ4v) is 5.67. The number of amides is 1. The van der Waals surface area contributed by atoms with Crippen LogP contribution >= 0.6 is 11.3 Å². The van der Waals surface area contributed by atoms with Gasteiger partial charge in [0.1, 0.15) is 5.75 Å². The molecule has 1 aliphatic heterocycles. The molecule has 1 atom stereocenters. The van der Waals surface area contributed by atoms with Crippen molar-refractivity contribution < 1.29 is 18.3 Å². The lowest BCUT2D eigenvalue weighted by Gasteiger charge is -2.19. The second kappa shape index (κ2) is 6.29. The number of aromatic hydroxyl groups is 1. The van der Waals surface area contributed by atoms with E-state index in [1.165, 1.54) is 34.7 Å². The molecule has 8 heteroatoms. The van der Waals surface area contributed by atoms with E-state index in [1.54, 1.807) is 0 Å². The molecule has 0 bridgehead atoms. The third kappa shape index (κ3) is 3.37. The molecule has 6 nitrogen and oxygen atoms in total. The van der Waals surface area contributed by atoms with E-state index in [2.05, 4.69) is 4.98 Å². The van der Waals surface area contributed by atoms with E-state index >= 15 is 0 Å². The van der Waals surface area contributed by atoms with Gasteiger partial charge in [-0.05, 0) is 23.9 Å². The summed E-state index contributed by atoms with van der Waals surface area (Å²) >= 11 is 1.42. The molecular weight excluding hydrogens is 336 g/mol. The summed E-state index contributed by atoms with van der Waals surface area (Å²) in [6.07, 6.45) is 3.00. The largest absolute Gasteiger partial charge is 0.506 e. The molecule has 1 N–H and O–H groups in total. The van der Waals surface area contributed by atoms with Crippen molar-refractivity contribution in [3.63, 3.8) is 0 Å². The van der Waals surface area contributed by atoms with Gasteiger partial charge in [-0.2, -0.15) is 0 Å². The van der Waals surface area contributed by atoms with Crippen LogP contribution in [0, 0.1) is 0 Å². The van der Waals surface area contributed by atoms with Gasteiger partial charge in [0.15, 0.2) is 9.84 Å². The maximum absolute atomic E-state index is 12.5. The normalized spacial score (nSPS) is 20.9. The maximum atomic E-state index is 12.5. The van der Waals surface area contributed by atoms with Crippen LogP contribution in [0.1, 0.15) is 26.9 Å². The summed E-state index contributed by atoms with van der Waals surface area (Å²) in [4.78, 5) is 18.6. The minimum atomic E-state index is -3.29. The molecule has 2 aromatic heterocycles. The number of nitrogens with zero attached hydrogens (tertiary/aromatic N) is 2. The zero-order chi connectivity index (χ0) is 16.4. The molecule has 0 radical (unpaired) electrons. The highest BCUT2D eigenvalue weighted by Gasteiger charge is 2.33. The monoisotopic (exact) mass is 352 g/mol. The summed E-state index contributed by atoms with van der Waals surface area (Å²) < 4.78 is 25.0. The van der Waals surface area contributed by atoms with Crippen LogP contribution in [-0.2, 0) is 9.84 Å². The highest BCUT2D eigenvalue weighted by atomic mass is 32.2. The molecule has 1 saturated heterocycles. The Kier molecular flexibility index (Phi) is 4.36. The molecule has 0 saturated carbocycles. The van der Waals surface area contributed by atoms with Crippen LogP contribution in [0.15, 0.2) is 36.0 Å². The molecule has 122 valence electrons. The molecule has 1 aliphatic rings. The highest BCUT2D eigenvalue weighted by molar-refractivity contribution is 7.91. The SMILES string of the molecule is O=C(c1cncc(O)c1)N1CCC(c2cccs2)S(=O)(=O)CC1. The number of hydrogen-bond acceptors (Lipinski definition) is 6. The molecule has 3 heterocycles. The number of thiophene rings is 1. The summed E-state index contributed by atoms with van der Waals surface area (Å²) in [6.45, 7) is 0.509. The fraction of sp³-hybridized carbons (Fsp3) is 0.333. The summed E-state index contributed by atoms with van der Waals surface area (Å²) in [5.41, 5.74) is 0.261. The van der Waals surface area contributed by atoms with Gasteiger partial charge in [0.25, 0.3) is 5.91 Å². The summed E-state index contributed by atoms with van der Waals surface area (Å²) in [6, 6.07) is 5.00. The summed E-state index contributed by atoms with van der Waals surface area (Å²) in [5, 5.41) is 10.7. The Bertz CT molecular complexity index is 803. The van der Waals surface area contributed by atoms with Gasteiger partial charge in [0.2, 0.25) is 0 Å². The molecular formula is C15H16N2O4S2. The zero-order valence-corrected chi connectivity index (χ0v) is 13.9. The number of sulfone groups is 1. The third-order valence-electron chi connectivity index (χ3n) is 3.86. The van der Waals surface area contributed by atoms with Crippen LogP contribution in [0.5, 0.6) is 5.75 Å². The Hall–Kier alpha value is -1.93. The Morgan fingerprint density at radius 2 is 2.17 bits per heavy atom. The van der Waals surface area contributed by atoms with Gasteiger partial charge in [-0.3, -0.25) is 9.78 Å². The second-order valence-corrected chi connectivity index (χ2v) is 8.67. The van der Waals surface area contributed by atoms with Crippen LogP contribution in [0.25, 0.3) is 0 Å². The molecule has 23 heavy (non-hydrogen) atoms. The van der Waals surface area contributed by atoms with Crippen molar-refractivity contribution in [3.05, 3.63) is 46.4 Å². The quantitative estimate of drug-likeness (QED) is 0.891. The van der Waals surface area contributed by atoms with Crippen LogP contribution in [0.3, 0.4) is 0 Å². The lowest BCUT2D eigenvalue weighted by atomic mass is 10.2. The minimum absolute atomic E-state index is 0.0620. The fourth-order valence-electron chi connectivity index (χ4n) is 2.67. The molecule has 2 aromatic rings. The Labute approximate surface area is 138 Å². The Balaban J connectivity index is 1.81. The molecule has 0 spiro atoms. The Morgan fingerprint density at radius 3 is 2.87 bits per heavy atom. The predicted molar refractivity (Wildman–Crippen MR) is 87.3 cm³/mol. The van der Waals surface area contributed by atoms with E-state index in [0.29, 0.717) is 13.0 Å². The van der Waals surface area contributed by atoms with Gasteiger partial charge in [-0.25, -0.2) is 8.42 Å². The lowest BCUT2D eigenvalue weighted by Crippen LogP contribution is -2.33. The molecule has 1 amide bonds. The van der Waals surface area contributed by atoms with Crippen molar-refractivity contribution in [3.8, 4) is 5.75 Å². The van der Waals surface area contributed by atoms with E-state index in [4.69, 9.17) is 0 Å². The number of carbonyl (C=O) groups is 1.